The molecule has 2 saturated heterocycles. The molecule has 0 aromatic rings. The minimum Gasteiger partial charge on any atom is -0.473 e. The summed E-state index contributed by atoms with van der Waals surface area (Å²) < 4.78 is 6.00. The summed E-state index contributed by atoms with van der Waals surface area (Å²) in [6.07, 6.45) is 29.9. The second-order valence-electron chi connectivity index (χ2n) is 16.2. The molecule has 0 aromatic carbocycles. The van der Waals surface area contributed by atoms with Crippen LogP contribution in [0.2, 0.25) is 0 Å². The second kappa shape index (κ2) is 16.9. The highest BCUT2D eigenvalue weighted by Crippen LogP contribution is 2.43. The molecule has 0 N–H and O–H groups in total. The Morgan fingerprint density at radius 1 is 0.488 bits per heavy atom. The predicted molar refractivity (Wildman–Crippen MR) is 181 cm³/mol. The first-order chi connectivity index (χ1) is 19.2. The van der Waals surface area contributed by atoms with Gasteiger partial charge in [-0.15, -0.1) is 0 Å². The zero-order valence-electron chi connectivity index (χ0n) is 29.5. The molecule has 2 aliphatic rings. The number of hydrogen-bond acceptors (Lipinski definition) is 3. The van der Waals surface area contributed by atoms with Crippen LogP contribution in [0.5, 0.6) is 0 Å². The number of unbranched alkanes of at least 4 members (excludes halogenated alkanes) is 10. The number of nitrogens with zero attached hydrogens (tertiary/aromatic N) is 2. The van der Waals surface area contributed by atoms with Crippen molar-refractivity contribution in [2.45, 2.75) is 194 Å². The van der Waals surface area contributed by atoms with Crippen molar-refractivity contribution in [1.29, 1.82) is 0 Å². The van der Waals surface area contributed by atoms with Crippen LogP contribution in [-0.4, -0.2) is 45.0 Å². The molecule has 3 nitrogen and oxygen atoms in total. The van der Waals surface area contributed by atoms with Gasteiger partial charge in [0.25, 0.3) is 0 Å². The number of rotatable bonds is 18. The van der Waals surface area contributed by atoms with Crippen molar-refractivity contribution in [2.24, 2.45) is 11.8 Å². The van der Waals surface area contributed by atoms with Gasteiger partial charge in [-0.2, -0.15) is 0 Å². The van der Waals surface area contributed by atoms with Gasteiger partial charge >= 0.3 is 0 Å². The van der Waals surface area contributed by atoms with Crippen molar-refractivity contribution in [3.63, 3.8) is 0 Å². The molecule has 41 heavy (non-hydrogen) atoms. The van der Waals surface area contributed by atoms with Gasteiger partial charge in [0, 0.05) is 22.2 Å². The van der Waals surface area contributed by atoms with Crippen LogP contribution in [0.4, 0.5) is 0 Å². The molecule has 0 amide bonds. The van der Waals surface area contributed by atoms with E-state index in [0.29, 0.717) is 11.8 Å². The van der Waals surface area contributed by atoms with Gasteiger partial charge in [0.2, 0.25) is 0 Å². The van der Waals surface area contributed by atoms with Crippen molar-refractivity contribution in [3.8, 4) is 0 Å². The fraction of sp³-hybridized carbons (Fsp3) is 0.895. The van der Waals surface area contributed by atoms with E-state index < -0.39 is 0 Å². The van der Waals surface area contributed by atoms with Crippen LogP contribution < -0.4 is 0 Å². The first kappa shape index (κ1) is 36.4. The Bertz CT molecular complexity index is 677. The molecule has 0 bridgehead atoms. The van der Waals surface area contributed by atoms with E-state index in [4.69, 9.17) is 4.74 Å². The normalized spacial score (nSPS) is 23.6. The predicted octanol–water partition coefficient (Wildman–Crippen LogP) is 11.3. The summed E-state index contributed by atoms with van der Waals surface area (Å²) in [6, 6.07) is 0. The molecule has 0 aliphatic carbocycles. The highest BCUT2D eigenvalue weighted by Gasteiger charge is 2.45. The van der Waals surface area contributed by atoms with Crippen LogP contribution in [0, 0.1) is 11.8 Å². The average Bonchev–Trinajstić information content (AvgIpc) is 2.84. The first-order valence-corrected chi connectivity index (χ1v) is 17.8. The summed E-state index contributed by atoms with van der Waals surface area (Å²) in [5.74, 6) is 1.13. The van der Waals surface area contributed by atoms with E-state index in [2.05, 4.69) is 91.2 Å². The molecule has 0 spiro atoms. The van der Waals surface area contributed by atoms with Gasteiger partial charge in [-0.25, -0.2) is 0 Å². The van der Waals surface area contributed by atoms with Crippen molar-refractivity contribution in [3.05, 3.63) is 24.7 Å². The average molecular weight is 573 g/mol. The second-order valence-corrected chi connectivity index (χ2v) is 16.2. The molecule has 0 saturated carbocycles. The molecular weight excluding hydrogens is 500 g/mol. The molecule has 2 aliphatic heterocycles. The highest BCUT2D eigenvalue weighted by molar-refractivity contribution is 5.06. The SMILES string of the molecule is CCCCCCCCN1C(C)(C)CC(C=COC=CC2CC(C)(C)N(CCCCCCCC)C(C)(C)C2)CC1(C)C. The van der Waals surface area contributed by atoms with Crippen molar-refractivity contribution in [2.75, 3.05) is 13.1 Å². The number of likely N-dealkylation sites (tertiary alicyclic amines) is 2. The number of piperidine rings is 2. The fourth-order valence-corrected chi connectivity index (χ4v) is 8.73. The van der Waals surface area contributed by atoms with E-state index in [0.717, 1.165) is 0 Å². The Morgan fingerprint density at radius 3 is 1.10 bits per heavy atom. The Kier molecular flexibility index (Phi) is 15.0. The Morgan fingerprint density at radius 2 is 0.780 bits per heavy atom. The summed E-state index contributed by atoms with van der Waals surface area (Å²) in [5, 5.41) is 0. The summed E-state index contributed by atoms with van der Waals surface area (Å²) in [4.78, 5) is 5.60. The van der Waals surface area contributed by atoms with E-state index in [-0.39, 0.29) is 22.2 Å². The summed E-state index contributed by atoms with van der Waals surface area (Å²) in [7, 11) is 0. The van der Waals surface area contributed by atoms with Crippen LogP contribution in [0.3, 0.4) is 0 Å². The molecule has 0 atom stereocenters. The number of ether oxygens (including phenoxy) is 1. The lowest BCUT2D eigenvalue weighted by molar-refractivity contribution is -0.0433. The van der Waals surface area contributed by atoms with Crippen molar-refractivity contribution in [1.82, 2.24) is 9.80 Å². The van der Waals surface area contributed by atoms with Crippen LogP contribution in [0.1, 0.15) is 172 Å². The lowest BCUT2D eigenvalue weighted by atomic mass is 9.73. The minimum absolute atomic E-state index is 0.219. The molecular formula is C38H72N2O. The Hall–Kier alpha value is -0.800. The van der Waals surface area contributed by atoms with Gasteiger partial charge in [0.05, 0.1) is 12.5 Å². The van der Waals surface area contributed by atoms with Gasteiger partial charge in [-0.05, 0) is 131 Å². The van der Waals surface area contributed by atoms with E-state index in [1.165, 1.54) is 116 Å². The number of allylic oxidation sites excluding steroid dienone is 2. The molecule has 3 heteroatoms. The van der Waals surface area contributed by atoms with Crippen molar-refractivity contribution < 1.29 is 4.74 Å². The summed E-state index contributed by atoms with van der Waals surface area (Å²) in [6.45, 7) is 26.7. The van der Waals surface area contributed by atoms with Crippen LogP contribution in [0.25, 0.3) is 0 Å². The highest BCUT2D eigenvalue weighted by atomic mass is 16.5. The topological polar surface area (TPSA) is 15.7 Å². The van der Waals surface area contributed by atoms with Gasteiger partial charge in [0.15, 0.2) is 0 Å². The maximum Gasteiger partial charge on any atom is 0.0864 e. The smallest absolute Gasteiger partial charge is 0.0864 e. The van der Waals surface area contributed by atoms with E-state index >= 15 is 0 Å². The van der Waals surface area contributed by atoms with Gasteiger partial charge in [-0.3, -0.25) is 9.80 Å². The fourth-order valence-electron chi connectivity index (χ4n) is 8.73. The summed E-state index contributed by atoms with van der Waals surface area (Å²) >= 11 is 0. The first-order valence-electron chi connectivity index (χ1n) is 17.8. The lowest BCUT2D eigenvalue weighted by Crippen LogP contribution is -2.60. The molecule has 2 heterocycles. The van der Waals surface area contributed by atoms with Crippen LogP contribution in [-0.2, 0) is 4.74 Å². The quantitative estimate of drug-likeness (QED) is 0.120. The van der Waals surface area contributed by atoms with Crippen LogP contribution >= 0.6 is 0 Å². The van der Waals surface area contributed by atoms with E-state index in [1.807, 2.05) is 12.5 Å². The minimum atomic E-state index is 0.219. The molecule has 2 rings (SSSR count). The van der Waals surface area contributed by atoms with Gasteiger partial charge in [0.1, 0.15) is 0 Å². The maximum absolute atomic E-state index is 6.00. The van der Waals surface area contributed by atoms with Crippen LogP contribution in [0.15, 0.2) is 24.7 Å². The lowest BCUT2D eigenvalue weighted by Gasteiger charge is -2.55. The zero-order chi connectivity index (χ0) is 30.6. The maximum atomic E-state index is 6.00. The van der Waals surface area contributed by atoms with Gasteiger partial charge < -0.3 is 4.74 Å². The molecule has 2 fully saturated rings. The van der Waals surface area contributed by atoms with Crippen molar-refractivity contribution >= 4 is 0 Å². The third-order valence-electron chi connectivity index (χ3n) is 10.3. The summed E-state index contributed by atoms with van der Waals surface area (Å²) in [5.41, 5.74) is 0.876. The third-order valence-corrected chi connectivity index (χ3v) is 10.3. The third kappa shape index (κ3) is 12.0. The van der Waals surface area contributed by atoms with Gasteiger partial charge in [-0.1, -0.05) is 78.1 Å². The molecule has 0 aromatic heterocycles. The number of hydrogen-bond donors (Lipinski definition) is 0. The monoisotopic (exact) mass is 573 g/mol. The molecule has 0 radical (unpaired) electrons. The zero-order valence-corrected chi connectivity index (χ0v) is 29.5. The Balaban J connectivity index is 1.82. The molecule has 0 unspecified atom stereocenters. The van der Waals surface area contributed by atoms with E-state index in [1.54, 1.807) is 0 Å². The Labute approximate surface area is 257 Å². The largest absolute Gasteiger partial charge is 0.473 e. The molecule has 240 valence electrons. The standard InChI is InChI=1S/C38H72N2O/c1-11-13-15-17-19-21-25-39-35(3,4)29-33(30-36(39,5)6)23-27-41-28-24-34-31-37(7,8)40(38(9,10)32-34)26-22-20-18-16-14-12-2/h23-24,27-28,33-34H,11-22,25-26,29-32H2,1-10H3. The van der Waals surface area contributed by atoms with E-state index in [9.17, 15) is 0 Å².